The highest BCUT2D eigenvalue weighted by Gasteiger charge is 2.62. The second-order valence-corrected chi connectivity index (χ2v) is 4.97. The fourth-order valence-corrected chi connectivity index (χ4v) is 3.07. The Balaban J connectivity index is 2.59. The molecule has 0 aromatic rings. The quantitative estimate of drug-likeness (QED) is 0.620. The van der Waals surface area contributed by atoms with Crippen molar-refractivity contribution in [2.45, 2.75) is 27.2 Å². The second kappa shape index (κ2) is 3.19. The largest absolute Gasteiger partial charge is 0.384 e. The van der Waals surface area contributed by atoms with Crippen molar-refractivity contribution in [2.24, 2.45) is 16.7 Å². The molecule has 1 saturated carbocycles. The molecular formula is C10H19ClO. The number of alkyl halides is 1. The molecule has 0 saturated heterocycles. The number of halogens is 1. The molecule has 12 heavy (non-hydrogen) atoms. The van der Waals surface area contributed by atoms with Gasteiger partial charge in [0, 0.05) is 19.6 Å². The number of hydrogen-bond donors (Lipinski definition) is 0. The van der Waals surface area contributed by atoms with E-state index in [0.29, 0.717) is 16.7 Å². The van der Waals surface area contributed by atoms with E-state index in [1.54, 1.807) is 7.11 Å². The van der Waals surface area contributed by atoms with Crippen molar-refractivity contribution >= 4 is 11.6 Å². The standard InChI is InChI=1S/C10H19ClO/c1-8(5-12-4)10(7-11)6-9(10,2)3/h8H,5-7H2,1-4H3. The molecule has 0 spiro atoms. The lowest BCUT2D eigenvalue weighted by Crippen LogP contribution is -2.24. The van der Waals surface area contributed by atoms with Crippen molar-refractivity contribution < 1.29 is 4.74 Å². The number of ether oxygens (including phenoxy) is 1. The molecule has 1 nitrogen and oxygen atoms in total. The zero-order valence-electron chi connectivity index (χ0n) is 8.48. The van der Waals surface area contributed by atoms with Crippen LogP contribution < -0.4 is 0 Å². The summed E-state index contributed by atoms with van der Waals surface area (Å²) >= 11 is 6.02. The van der Waals surface area contributed by atoms with Crippen molar-refractivity contribution in [3.63, 3.8) is 0 Å². The molecule has 1 rings (SSSR count). The van der Waals surface area contributed by atoms with Crippen LogP contribution in [-0.2, 0) is 4.74 Å². The van der Waals surface area contributed by atoms with E-state index in [2.05, 4.69) is 20.8 Å². The lowest BCUT2D eigenvalue weighted by Gasteiger charge is -2.24. The summed E-state index contributed by atoms with van der Waals surface area (Å²) in [6.45, 7) is 7.65. The SMILES string of the molecule is COCC(C)C1(CCl)CC1(C)C. The van der Waals surface area contributed by atoms with Crippen LogP contribution in [0.2, 0.25) is 0 Å². The Labute approximate surface area is 80.4 Å². The van der Waals surface area contributed by atoms with E-state index in [0.717, 1.165) is 12.5 Å². The molecule has 0 N–H and O–H groups in total. The first-order chi connectivity index (χ1) is 5.50. The zero-order valence-corrected chi connectivity index (χ0v) is 9.24. The highest BCUT2D eigenvalue weighted by Crippen LogP contribution is 2.67. The number of rotatable bonds is 4. The third kappa shape index (κ3) is 1.38. The van der Waals surface area contributed by atoms with E-state index in [1.807, 2.05) is 0 Å². The van der Waals surface area contributed by atoms with Crippen molar-refractivity contribution in [2.75, 3.05) is 19.6 Å². The molecule has 1 aliphatic rings. The lowest BCUT2D eigenvalue weighted by molar-refractivity contribution is 0.115. The molecule has 2 heteroatoms. The summed E-state index contributed by atoms with van der Waals surface area (Å²) in [5, 5.41) is 0. The van der Waals surface area contributed by atoms with E-state index >= 15 is 0 Å². The van der Waals surface area contributed by atoms with Gasteiger partial charge in [0.15, 0.2) is 0 Å². The Morgan fingerprint density at radius 2 is 2.00 bits per heavy atom. The van der Waals surface area contributed by atoms with Crippen LogP contribution in [0.25, 0.3) is 0 Å². The minimum absolute atomic E-state index is 0.338. The van der Waals surface area contributed by atoms with Gasteiger partial charge >= 0.3 is 0 Å². The molecule has 0 heterocycles. The van der Waals surface area contributed by atoms with E-state index in [4.69, 9.17) is 16.3 Å². The normalized spacial score (nSPS) is 34.8. The minimum Gasteiger partial charge on any atom is -0.384 e. The zero-order chi connectivity index (χ0) is 9.41. The van der Waals surface area contributed by atoms with E-state index in [1.165, 1.54) is 6.42 Å². The molecule has 0 aromatic carbocycles. The Bertz CT molecular complexity index is 167. The summed E-state index contributed by atoms with van der Waals surface area (Å²) in [4.78, 5) is 0. The summed E-state index contributed by atoms with van der Waals surface area (Å²) in [6, 6.07) is 0. The smallest absolute Gasteiger partial charge is 0.0493 e. The van der Waals surface area contributed by atoms with Crippen molar-refractivity contribution in [1.29, 1.82) is 0 Å². The van der Waals surface area contributed by atoms with Gasteiger partial charge in [0.2, 0.25) is 0 Å². The van der Waals surface area contributed by atoms with Gasteiger partial charge in [-0.2, -0.15) is 0 Å². The van der Waals surface area contributed by atoms with Gasteiger partial charge < -0.3 is 4.74 Å². The van der Waals surface area contributed by atoms with E-state index < -0.39 is 0 Å². The van der Waals surface area contributed by atoms with Crippen molar-refractivity contribution in [3.8, 4) is 0 Å². The average molecular weight is 191 g/mol. The molecule has 0 amide bonds. The molecule has 1 aliphatic carbocycles. The second-order valence-electron chi connectivity index (χ2n) is 4.71. The molecule has 1 fully saturated rings. The monoisotopic (exact) mass is 190 g/mol. The van der Waals surface area contributed by atoms with Gasteiger partial charge in [-0.3, -0.25) is 0 Å². The van der Waals surface area contributed by atoms with Gasteiger partial charge in [-0.1, -0.05) is 20.8 Å². The summed E-state index contributed by atoms with van der Waals surface area (Å²) in [5.41, 5.74) is 0.761. The predicted molar refractivity (Wildman–Crippen MR) is 52.6 cm³/mol. The van der Waals surface area contributed by atoms with E-state index in [-0.39, 0.29) is 0 Å². The van der Waals surface area contributed by atoms with Gasteiger partial charge in [-0.05, 0) is 23.2 Å². The Morgan fingerprint density at radius 3 is 2.25 bits per heavy atom. The van der Waals surface area contributed by atoms with Crippen molar-refractivity contribution in [3.05, 3.63) is 0 Å². The average Bonchev–Trinajstić information content (AvgIpc) is 2.55. The fourth-order valence-electron chi connectivity index (χ4n) is 2.36. The van der Waals surface area contributed by atoms with Crippen LogP contribution in [0.4, 0.5) is 0 Å². The molecular weight excluding hydrogens is 172 g/mol. The highest BCUT2D eigenvalue weighted by atomic mass is 35.5. The Hall–Kier alpha value is 0.250. The number of methoxy groups -OCH3 is 1. The maximum absolute atomic E-state index is 6.02. The maximum atomic E-state index is 6.02. The first-order valence-corrected chi connectivity index (χ1v) is 5.08. The predicted octanol–water partition coefficient (Wildman–Crippen LogP) is 2.92. The van der Waals surface area contributed by atoms with Crippen molar-refractivity contribution in [1.82, 2.24) is 0 Å². The summed E-state index contributed by atoms with van der Waals surface area (Å²) < 4.78 is 5.17. The molecule has 0 aliphatic heterocycles. The molecule has 2 unspecified atom stereocenters. The van der Waals surface area contributed by atoms with Crippen LogP contribution in [0.5, 0.6) is 0 Å². The number of hydrogen-bond acceptors (Lipinski definition) is 1. The van der Waals surface area contributed by atoms with Crippen LogP contribution in [0.15, 0.2) is 0 Å². The maximum Gasteiger partial charge on any atom is 0.0493 e. The summed E-state index contributed by atoms with van der Waals surface area (Å²) in [6.07, 6.45) is 1.24. The molecule has 2 atom stereocenters. The van der Waals surface area contributed by atoms with Crippen LogP contribution in [0.1, 0.15) is 27.2 Å². The first-order valence-electron chi connectivity index (χ1n) is 4.55. The van der Waals surface area contributed by atoms with Crippen LogP contribution in [0.3, 0.4) is 0 Å². The van der Waals surface area contributed by atoms with Gasteiger partial charge in [0.05, 0.1) is 0 Å². The summed E-state index contributed by atoms with van der Waals surface area (Å²) in [7, 11) is 1.76. The van der Waals surface area contributed by atoms with Crippen LogP contribution >= 0.6 is 11.6 Å². The van der Waals surface area contributed by atoms with Gasteiger partial charge in [0.1, 0.15) is 0 Å². The Morgan fingerprint density at radius 1 is 1.50 bits per heavy atom. The highest BCUT2D eigenvalue weighted by molar-refractivity contribution is 6.18. The third-order valence-electron chi connectivity index (χ3n) is 3.58. The fraction of sp³-hybridized carbons (Fsp3) is 1.00. The third-order valence-corrected chi connectivity index (χ3v) is 4.06. The molecule has 0 aromatic heterocycles. The van der Waals surface area contributed by atoms with Gasteiger partial charge in [0.25, 0.3) is 0 Å². The van der Waals surface area contributed by atoms with E-state index in [9.17, 15) is 0 Å². The molecule has 0 bridgehead atoms. The lowest BCUT2D eigenvalue weighted by atomic mass is 9.86. The van der Waals surface area contributed by atoms with Gasteiger partial charge in [-0.15, -0.1) is 11.6 Å². The van der Waals surface area contributed by atoms with Gasteiger partial charge in [-0.25, -0.2) is 0 Å². The Kier molecular flexibility index (Phi) is 2.75. The minimum atomic E-state index is 0.338. The molecule has 72 valence electrons. The topological polar surface area (TPSA) is 9.23 Å². The first kappa shape index (κ1) is 10.3. The van der Waals surface area contributed by atoms with Crippen LogP contribution in [-0.4, -0.2) is 19.6 Å². The van der Waals surface area contributed by atoms with Crippen LogP contribution in [0, 0.1) is 16.7 Å². The molecule has 0 radical (unpaired) electrons. The summed E-state index contributed by atoms with van der Waals surface area (Å²) in [5.74, 6) is 1.35.